The fourth-order valence-corrected chi connectivity index (χ4v) is 3.81. The maximum Gasteiger partial charge on any atom is 0.119 e. The third-order valence-electron chi connectivity index (χ3n) is 5.13. The molecule has 0 atom stereocenters. The van der Waals surface area contributed by atoms with Crippen molar-refractivity contribution in [3.05, 3.63) is 60.3 Å². The molecular weight excluding hydrogens is 324 g/mol. The Hall–Kier alpha value is -2.30. The molecule has 0 unspecified atom stereocenters. The number of ether oxygens (including phenoxy) is 1. The van der Waals surface area contributed by atoms with Gasteiger partial charge < -0.3 is 19.3 Å². The molecule has 4 rings (SSSR count). The molecule has 4 nitrogen and oxygen atoms in total. The van der Waals surface area contributed by atoms with Crippen molar-refractivity contribution in [2.45, 2.75) is 25.9 Å². The van der Waals surface area contributed by atoms with Gasteiger partial charge in [-0.05, 0) is 68.8 Å². The first-order valence-electron chi connectivity index (χ1n) is 9.51. The van der Waals surface area contributed by atoms with E-state index in [1.54, 1.807) is 0 Å². The first-order chi connectivity index (χ1) is 12.8. The normalized spacial score (nSPS) is 15.0. The molecule has 1 fully saturated rings. The van der Waals surface area contributed by atoms with Gasteiger partial charge in [0, 0.05) is 23.3 Å². The highest BCUT2D eigenvalue weighted by molar-refractivity contribution is 5.83. The molecule has 0 bridgehead atoms. The van der Waals surface area contributed by atoms with Gasteiger partial charge in [-0.2, -0.15) is 0 Å². The molecule has 2 heterocycles. The van der Waals surface area contributed by atoms with Gasteiger partial charge in [0.25, 0.3) is 0 Å². The number of aromatic nitrogens is 1. The Bertz CT molecular complexity index is 848. The standard InChI is InChI=1S/C22H26N2O2/c25-17-20-16-18-6-1-2-7-22(18)24(20)19-8-10-21(11-9-19)26-15-5-14-23-12-3-4-13-23/h1-2,6-11,16,25H,3-5,12-15,17H2. The quantitative estimate of drug-likeness (QED) is 0.655. The van der Waals surface area contributed by atoms with Crippen LogP contribution in [0.25, 0.3) is 16.6 Å². The summed E-state index contributed by atoms with van der Waals surface area (Å²) in [5, 5.41) is 10.9. The maximum atomic E-state index is 9.72. The van der Waals surface area contributed by atoms with Crippen LogP contribution in [0.1, 0.15) is 25.0 Å². The van der Waals surface area contributed by atoms with Crippen LogP contribution < -0.4 is 4.74 Å². The van der Waals surface area contributed by atoms with E-state index in [2.05, 4.69) is 33.7 Å². The van der Waals surface area contributed by atoms with Gasteiger partial charge in [0.15, 0.2) is 0 Å². The molecule has 136 valence electrons. The van der Waals surface area contributed by atoms with Gasteiger partial charge in [-0.1, -0.05) is 18.2 Å². The minimum absolute atomic E-state index is 0.0173. The number of likely N-dealkylation sites (tertiary alicyclic amines) is 1. The lowest BCUT2D eigenvalue weighted by molar-refractivity contribution is 0.263. The monoisotopic (exact) mass is 350 g/mol. The molecular formula is C22H26N2O2. The molecule has 2 aromatic carbocycles. The van der Waals surface area contributed by atoms with Crippen LogP contribution >= 0.6 is 0 Å². The Balaban J connectivity index is 1.43. The molecule has 0 spiro atoms. The highest BCUT2D eigenvalue weighted by Gasteiger charge is 2.11. The van der Waals surface area contributed by atoms with E-state index in [1.807, 2.05) is 30.3 Å². The second-order valence-electron chi connectivity index (χ2n) is 6.93. The summed E-state index contributed by atoms with van der Waals surface area (Å²) < 4.78 is 8.00. The van der Waals surface area contributed by atoms with E-state index in [0.717, 1.165) is 47.6 Å². The number of aliphatic hydroxyl groups is 1. The molecule has 0 amide bonds. The Morgan fingerprint density at radius 1 is 0.962 bits per heavy atom. The third-order valence-corrected chi connectivity index (χ3v) is 5.13. The van der Waals surface area contributed by atoms with Gasteiger partial charge >= 0.3 is 0 Å². The largest absolute Gasteiger partial charge is 0.494 e. The molecule has 1 aliphatic rings. The van der Waals surface area contributed by atoms with Gasteiger partial charge in [0.2, 0.25) is 0 Å². The molecule has 1 saturated heterocycles. The minimum atomic E-state index is 0.0173. The summed E-state index contributed by atoms with van der Waals surface area (Å²) in [5.74, 6) is 0.900. The van der Waals surface area contributed by atoms with Crippen LogP contribution in [-0.2, 0) is 6.61 Å². The SMILES string of the molecule is OCc1cc2ccccc2n1-c1ccc(OCCCN2CCCC2)cc1. The lowest BCUT2D eigenvalue weighted by atomic mass is 10.2. The van der Waals surface area contributed by atoms with Gasteiger partial charge in [0.1, 0.15) is 5.75 Å². The number of benzene rings is 2. The van der Waals surface area contributed by atoms with Crippen molar-refractivity contribution in [1.82, 2.24) is 9.47 Å². The van der Waals surface area contributed by atoms with Crippen molar-refractivity contribution in [2.75, 3.05) is 26.2 Å². The number of fused-ring (bicyclic) bond motifs is 1. The average molecular weight is 350 g/mol. The lowest BCUT2D eigenvalue weighted by Gasteiger charge is -2.15. The van der Waals surface area contributed by atoms with Crippen LogP contribution in [0.3, 0.4) is 0 Å². The maximum absolute atomic E-state index is 9.72. The molecule has 26 heavy (non-hydrogen) atoms. The van der Waals surface area contributed by atoms with E-state index in [1.165, 1.54) is 25.9 Å². The van der Waals surface area contributed by atoms with Crippen LogP contribution in [0.2, 0.25) is 0 Å². The van der Waals surface area contributed by atoms with E-state index < -0.39 is 0 Å². The second kappa shape index (κ2) is 7.94. The van der Waals surface area contributed by atoms with Gasteiger partial charge in [0.05, 0.1) is 18.7 Å². The summed E-state index contributed by atoms with van der Waals surface area (Å²) in [6.45, 7) is 4.39. The topological polar surface area (TPSA) is 37.6 Å². The number of rotatable bonds is 7. The van der Waals surface area contributed by atoms with Gasteiger partial charge in [-0.15, -0.1) is 0 Å². The second-order valence-corrected chi connectivity index (χ2v) is 6.93. The van der Waals surface area contributed by atoms with Crippen LogP contribution in [0, 0.1) is 0 Å². The van der Waals surface area contributed by atoms with Crippen molar-refractivity contribution in [3.63, 3.8) is 0 Å². The Labute approximate surface area is 154 Å². The van der Waals surface area contributed by atoms with E-state index in [4.69, 9.17) is 4.74 Å². The van der Waals surface area contributed by atoms with Crippen LogP contribution in [0.4, 0.5) is 0 Å². The minimum Gasteiger partial charge on any atom is -0.494 e. The van der Waals surface area contributed by atoms with Crippen molar-refractivity contribution in [2.24, 2.45) is 0 Å². The molecule has 0 aliphatic carbocycles. The summed E-state index contributed by atoms with van der Waals surface area (Å²) >= 11 is 0. The first kappa shape index (κ1) is 17.1. The molecule has 0 saturated carbocycles. The Morgan fingerprint density at radius 3 is 2.50 bits per heavy atom. The third kappa shape index (κ3) is 3.62. The highest BCUT2D eigenvalue weighted by atomic mass is 16.5. The number of nitrogens with zero attached hydrogens (tertiary/aromatic N) is 2. The number of hydrogen-bond donors (Lipinski definition) is 1. The molecule has 1 N–H and O–H groups in total. The summed E-state index contributed by atoms with van der Waals surface area (Å²) in [6.07, 6.45) is 3.75. The average Bonchev–Trinajstić information content (AvgIpc) is 3.33. The first-order valence-corrected chi connectivity index (χ1v) is 9.51. The zero-order chi connectivity index (χ0) is 17.8. The van der Waals surface area contributed by atoms with Crippen molar-refractivity contribution < 1.29 is 9.84 Å². The van der Waals surface area contributed by atoms with E-state index in [-0.39, 0.29) is 6.61 Å². The van der Waals surface area contributed by atoms with Crippen molar-refractivity contribution >= 4 is 10.9 Å². The molecule has 4 heteroatoms. The fraction of sp³-hybridized carbons (Fsp3) is 0.364. The number of aliphatic hydroxyl groups excluding tert-OH is 1. The lowest BCUT2D eigenvalue weighted by Crippen LogP contribution is -2.21. The van der Waals surface area contributed by atoms with E-state index in [9.17, 15) is 5.11 Å². The zero-order valence-electron chi connectivity index (χ0n) is 15.1. The van der Waals surface area contributed by atoms with Crippen LogP contribution in [-0.4, -0.2) is 40.8 Å². The summed E-state index contributed by atoms with van der Waals surface area (Å²) in [6, 6.07) is 18.4. The predicted molar refractivity (Wildman–Crippen MR) is 105 cm³/mol. The highest BCUT2D eigenvalue weighted by Crippen LogP contribution is 2.25. The summed E-state index contributed by atoms with van der Waals surface area (Å²) in [7, 11) is 0. The molecule has 1 aromatic heterocycles. The fourth-order valence-electron chi connectivity index (χ4n) is 3.81. The smallest absolute Gasteiger partial charge is 0.119 e. The number of para-hydroxylation sites is 1. The van der Waals surface area contributed by atoms with Crippen molar-refractivity contribution in [1.29, 1.82) is 0 Å². The Kier molecular flexibility index (Phi) is 5.23. The van der Waals surface area contributed by atoms with Gasteiger partial charge in [-0.3, -0.25) is 0 Å². The van der Waals surface area contributed by atoms with Crippen LogP contribution in [0.5, 0.6) is 5.75 Å². The zero-order valence-corrected chi connectivity index (χ0v) is 15.1. The predicted octanol–water partition coefficient (Wildman–Crippen LogP) is 3.99. The van der Waals surface area contributed by atoms with E-state index >= 15 is 0 Å². The Morgan fingerprint density at radius 2 is 1.73 bits per heavy atom. The van der Waals surface area contributed by atoms with Crippen molar-refractivity contribution in [3.8, 4) is 11.4 Å². The molecule has 3 aromatic rings. The van der Waals surface area contributed by atoms with E-state index in [0.29, 0.717) is 0 Å². The molecule has 1 aliphatic heterocycles. The number of hydrogen-bond acceptors (Lipinski definition) is 3. The summed E-state index contributed by atoms with van der Waals surface area (Å²) in [4.78, 5) is 2.51. The summed E-state index contributed by atoms with van der Waals surface area (Å²) in [5.41, 5.74) is 3.04. The van der Waals surface area contributed by atoms with Gasteiger partial charge in [-0.25, -0.2) is 0 Å². The van der Waals surface area contributed by atoms with Crippen LogP contribution in [0.15, 0.2) is 54.6 Å². The molecule has 0 radical (unpaired) electrons.